The predicted octanol–water partition coefficient (Wildman–Crippen LogP) is 4.93. The number of nitrogens with zero attached hydrogens (tertiary/aromatic N) is 1. The fourth-order valence-corrected chi connectivity index (χ4v) is 4.45. The van der Waals surface area contributed by atoms with Gasteiger partial charge in [-0.05, 0) is 77.0 Å². The maximum atomic E-state index is 10.9. The van der Waals surface area contributed by atoms with Gasteiger partial charge in [-0.2, -0.15) is 0 Å². The fraction of sp³-hybridized carbons (Fsp3) is 0.815. The molecule has 0 heterocycles. The summed E-state index contributed by atoms with van der Waals surface area (Å²) >= 11 is 0. The summed E-state index contributed by atoms with van der Waals surface area (Å²) < 4.78 is 0.837. The van der Waals surface area contributed by atoms with Crippen LogP contribution in [0.5, 0.6) is 0 Å². The summed E-state index contributed by atoms with van der Waals surface area (Å²) in [6.07, 6.45) is 18.6. The van der Waals surface area contributed by atoms with Crippen molar-refractivity contribution in [2.45, 2.75) is 116 Å². The lowest BCUT2D eigenvalue weighted by Crippen LogP contribution is -2.51. The monoisotopic (exact) mass is 483 g/mol. The molecule has 0 spiro atoms. The zero-order valence-electron chi connectivity index (χ0n) is 21.5. The lowest BCUT2D eigenvalue weighted by Gasteiger charge is -2.39. The molecule has 0 unspecified atom stereocenters. The van der Waals surface area contributed by atoms with E-state index in [1.54, 1.807) is 0 Å². The average Bonchev–Trinajstić information content (AvgIpc) is 2.78. The topological polar surface area (TPSA) is 115 Å². The Morgan fingerprint density at radius 3 is 1.47 bits per heavy atom. The van der Waals surface area contributed by atoms with Gasteiger partial charge in [0.1, 0.15) is 0 Å². The maximum absolute atomic E-state index is 10.9. The van der Waals surface area contributed by atoms with E-state index in [1.807, 2.05) is 0 Å². The lowest BCUT2D eigenvalue weighted by molar-refractivity contribution is -0.929. The Morgan fingerprint density at radius 1 is 0.618 bits per heavy atom. The molecule has 0 aliphatic heterocycles. The number of unbranched alkanes of at least 4 members (excludes halogenated alkanes) is 9. The normalized spacial score (nSPS) is 11.8. The van der Waals surface area contributed by atoms with Gasteiger partial charge in [0.05, 0.1) is 26.2 Å². The van der Waals surface area contributed by atoms with Gasteiger partial charge in [-0.15, -0.1) is 0 Å². The molecule has 0 rings (SSSR count). The van der Waals surface area contributed by atoms with Crippen molar-refractivity contribution >= 4 is 17.9 Å². The van der Waals surface area contributed by atoms with Crippen LogP contribution in [0.25, 0.3) is 0 Å². The van der Waals surface area contributed by atoms with E-state index in [-0.39, 0.29) is 19.3 Å². The number of hydrogen-bond donors (Lipinski definition) is 2. The number of rotatable bonds is 25. The summed E-state index contributed by atoms with van der Waals surface area (Å²) in [5, 5.41) is 28.8. The zero-order chi connectivity index (χ0) is 25.5. The third-order valence-electron chi connectivity index (χ3n) is 6.45. The van der Waals surface area contributed by atoms with Crippen LogP contribution in [-0.2, 0) is 14.4 Å². The number of carbonyl (C=O) groups is 3. The molecule has 0 aromatic heterocycles. The van der Waals surface area contributed by atoms with Crippen molar-refractivity contribution in [3.8, 4) is 0 Å². The lowest BCUT2D eigenvalue weighted by atomic mass is 10.1. The standard InChI is InChI=1S/C27H49NO6/c1-2-3-4-5-6-7-8-9-10-14-21-28(22-15-11-18-25(29)30,23-16-12-19-26(31)32)24-17-13-20-27(33)34/h5-6H,2-4,7-24H2,1H3,(H2-,29,30,31,32,33,34)/b6-5+. The van der Waals surface area contributed by atoms with E-state index >= 15 is 0 Å². The van der Waals surface area contributed by atoms with Crippen molar-refractivity contribution in [2.75, 3.05) is 26.2 Å². The smallest absolute Gasteiger partial charge is 0.303 e. The SMILES string of the molecule is CCCC/C=C/CCCCCC[N+](CCCCC(=O)[O-])(CCCCC(=O)O)CCCCC(=O)O. The van der Waals surface area contributed by atoms with Gasteiger partial charge in [-0.25, -0.2) is 0 Å². The molecule has 2 N–H and O–H groups in total. The second-order valence-corrected chi connectivity index (χ2v) is 9.58. The van der Waals surface area contributed by atoms with E-state index in [0.29, 0.717) is 19.3 Å². The summed E-state index contributed by atoms with van der Waals surface area (Å²) in [5.74, 6) is -2.58. The highest BCUT2D eigenvalue weighted by atomic mass is 16.4. The third-order valence-corrected chi connectivity index (χ3v) is 6.45. The van der Waals surface area contributed by atoms with Crippen LogP contribution in [0.3, 0.4) is 0 Å². The Labute approximate surface area is 206 Å². The minimum absolute atomic E-state index is 0.0593. The minimum atomic E-state index is -1.02. The molecule has 0 radical (unpaired) electrons. The first-order chi connectivity index (χ1) is 16.3. The number of aliphatic carboxylic acids is 3. The molecule has 0 fully saturated rings. The summed E-state index contributed by atoms with van der Waals surface area (Å²) in [6.45, 7) is 5.77. The van der Waals surface area contributed by atoms with E-state index in [0.717, 1.165) is 75.6 Å². The quantitative estimate of drug-likeness (QED) is 0.108. The first-order valence-corrected chi connectivity index (χ1v) is 13.4. The van der Waals surface area contributed by atoms with Gasteiger partial charge < -0.3 is 24.6 Å². The molecule has 0 aromatic rings. The van der Waals surface area contributed by atoms with Gasteiger partial charge in [-0.1, -0.05) is 38.3 Å². The summed E-state index contributed by atoms with van der Waals surface area (Å²) in [4.78, 5) is 32.6. The molecule has 0 aliphatic carbocycles. The van der Waals surface area contributed by atoms with Crippen molar-refractivity contribution in [1.82, 2.24) is 0 Å². The summed E-state index contributed by atoms with van der Waals surface area (Å²) in [5.41, 5.74) is 0. The van der Waals surface area contributed by atoms with Crippen molar-refractivity contribution in [2.24, 2.45) is 0 Å². The maximum Gasteiger partial charge on any atom is 0.303 e. The Kier molecular flexibility index (Phi) is 20.4. The number of carboxylic acid groups (broad SMARTS) is 3. The van der Waals surface area contributed by atoms with Crippen LogP contribution in [0.4, 0.5) is 0 Å². The molecule has 34 heavy (non-hydrogen) atoms. The van der Waals surface area contributed by atoms with E-state index < -0.39 is 17.9 Å². The van der Waals surface area contributed by atoms with Crippen molar-refractivity contribution in [3.05, 3.63) is 12.2 Å². The van der Waals surface area contributed by atoms with Crippen LogP contribution in [-0.4, -0.2) is 58.8 Å². The number of carbonyl (C=O) groups excluding carboxylic acids is 1. The third kappa shape index (κ3) is 20.7. The van der Waals surface area contributed by atoms with Crippen LogP contribution >= 0.6 is 0 Å². The van der Waals surface area contributed by atoms with Crippen LogP contribution in [0.1, 0.15) is 116 Å². The highest BCUT2D eigenvalue weighted by Crippen LogP contribution is 2.19. The molecular formula is C27H49NO6. The van der Waals surface area contributed by atoms with E-state index in [4.69, 9.17) is 10.2 Å². The predicted molar refractivity (Wildman–Crippen MR) is 133 cm³/mol. The van der Waals surface area contributed by atoms with E-state index in [1.165, 1.54) is 25.7 Å². The highest BCUT2D eigenvalue weighted by molar-refractivity contribution is 5.66. The molecule has 0 amide bonds. The van der Waals surface area contributed by atoms with Crippen molar-refractivity contribution < 1.29 is 34.2 Å². The molecule has 0 saturated carbocycles. The van der Waals surface area contributed by atoms with E-state index in [2.05, 4.69) is 19.1 Å². The molecular weight excluding hydrogens is 434 g/mol. The van der Waals surface area contributed by atoms with Crippen molar-refractivity contribution in [1.29, 1.82) is 0 Å². The van der Waals surface area contributed by atoms with Gasteiger partial charge in [0.15, 0.2) is 0 Å². The van der Waals surface area contributed by atoms with E-state index in [9.17, 15) is 19.5 Å². The van der Waals surface area contributed by atoms with Crippen LogP contribution < -0.4 is 5.11 Å². The average molecular weight is 484 g/mol. The number of allylic oxidation sites excluding steroid dienone is 2. The number of quaternary nitrogens is 1. The van der Waals surface area contributed by atoms with Crippen LogP contribution in [0.15, 0.2) is 12.2 Å². The number of carboxylic acids is 3. The molecule has 0 aromatic carbocycles. The fourth-order valence-electron chi connectivity index (χ4n) is 4.45. The molecule has 0 aliphatic rings. The highest BCUT2D eigenvalue weighted by Gasteiger charge is 2.26. The Balaban J connectivity index is 4.79. The molecule has 0 bridgehead atoms. The second-order valence-electron chi connectivity index (χ2n) is 9.58. The Bertz CT molecular complexity index is 520. The summed E-state index contributed by atoms with van der Waals surface area (Å²) in [7, 11) is 0. The Morgan fingerprint density at radius 2 is 1.03 bits per heavy atom. The van der Waals surface area contributed by atoms with Gasteiger partial charge >= 0.3 is 11.9 Å². The van der Waals surface area contributed by atoms with Crippen LogP contribution in [0, 0.1) is 0 Å². The molecule has 198 valence electrons. The molecule has 7 nitrogen and oxygen atoms in total. The van der Waals surface area contributed by atoms with Gasteiger partial charge in [-0.3, -0.25) is 9.59 Å². The Hall–Kier alpha value is -1.89. The summed E-state index contributed by atoms with van der Waals surface area (Å²) in [6, 6.07) is 0. The van der Waals surface area contributed by atoms with Crippen LogP contribution in [0.2, 0.25) is 0 Å². The largest absolute Gasteiger partial charge is 0.550 e. The van der Waals surface area contributed by atoms with Gasteiger partial charge in [0, 0.05) is 18.8 Å². The molecule has 0 saturated heterocycles. The molecule has 7 heteroatoms. The van der Waals surface area contributed by atoms with Gasteiger partial charge in [0.25, 0.3) is 0 Å². The second kappa shape index (κ2) is 21.6. The zero-order valence-corrected chi connectivity index (χ0v) is 21.5. The minimum Gasteiger partial charge on any atom is -0.550 e. The molecule has 0 atom stereocenters. The van der Waals surface area contributed by atoms with Crippen molar-refractivity contribution in [3.63, 3.8) is 0 Å². The number of hydrogen-bond acceptors (Lipinski definition) is 4. The van der Waals surface area contributed by atoms with Gasteiger partial charge in [0.2, 0.25) is 0 Å². The first kappa shape index (κ1) is 32.1. The first-order valence-electron chi connectivity index (χ1n) is 13.4.